The number of thiophene rings is 1. The second-order valence-corrected chi connectivity index (χ2v) is 7.71. The summed E-state index contributed by atoms with van der Waals surface area (Å²) >= 11 is 1.26. The van der Waals surface area contributed by atoms with Crippen LogP contribution in [0.2, 0.25) is 0 Å². The van der Waals surface area contributed by atoms with Crippen LogP contribution in [0.5, 0.6) is 5.75 Å². The molecule has 0 spiro atoms. The lowest BCUT2D eigenvalue weighted by Crippen LogP contribution is -2.31. The van der Waals surface area contributed by atoms with E-state index in [1.807, 2.05) is 31.2 Å². The van der Waals surface area contributed by atoms with E-state index >= 15 is 0 Å². The quantitative estimate of drug-likeness (QED) is 0.598. The van der Waals surface area contributed by atoms with Gasteiger partial charge in [-0.3, -0.25) is 14.5 Å². The first-order chi connectivity index (χ1) is 14.0. The van der Waals surface area contributed by atoms with Crippen molar-refractivity contribution in [2.45, 2.75) is 19.4 Å². The molecule has 2 N–H and O–H groups in total. The van der Waals surface area contributed by atoms with Crippen LogP contribution in [0.3, 0.4) is 0 Å². The minimum absolute atomic E-state index is 0.0442. The number of aliphatic hydroxyl groups is 1. The maximum absolute atomic E-state index is 13.2. The molecule has 1 unspecified atom stereocenters. The number of Topliss-reactive ketones (excluding diaryl/α,β-unsaturated/α-hetero) is 1. The molecular formula is C23H19NO4S. The largest absolute Gasteiger partial charge is 0.508 e. The fourth-order valence-corrected chi connectivity index (χ4v) is 4.19. The number of benzene rings is 2. The molecule has 0 saturated heterocycles. The number of carbonyl (C=O) groups is 2. The zero-order valence-electron chi connectivity index (χ0n) is 15.7. The molecule has 0 aliphatic carbocycles. The van der Waals surface area contributed by atoms with E-state index in [0.29, 0.717) is 16.1 Å². The van der Waals surface area contributed by atoms with Crippen LogP contribution >= 0.6 is 11.3 Å². The molecule has 1 amide bonds. The van der Waals surface area contributed by atoms with Gasteiger partial charge in [0, 0.05) is 5.69 Å². The smallest absolute Gasteiger partial charge is 0.294 e. The predicted molar refractivity (Wildman–Crippen MR) is 112 cm³/mol. The van der Waals surface area contributed by atoms with Gasteiger partial charge in [0.25, 0.3) is 5.91 Å². The molecule has 146 valence electrons. The topological polar surface area (TPSA) is 77.8 Å². The van der Waals surface area contributed by atoms with Gasteiger partial charge in [-0.2, -0.15) is 0 Å². The minimum atomic E-state index is -0.787. The standard InChI is InChI=1S/C23H19NO4S/c1-2-14-5-9-16(10-6-14)24-20(15-7-11-17(25)12-8-15)19(22(27)23(24)28)21(26)18-4-3-13-29-18/h3-13,20,25,27H,2H2,1H3. The number of phenolic OH excluding ortho intramolecular Hbond substituents is 1. The molecule has 1 aromatic heterocycles. The average Bonchev–Trinajstić information content (AvgIpc) is 3.36. The summed E-state index contributed by atoms with van der Waals surface area (Å²) in [7, 11) is 0. The van der Waals surface area contributed by atoms with Crippen molar-refractivity contribution in [2.24, 2.45) is 0 Å². The van der Waals surface area contributed by atoms with E-state index < -0.39 is 17.7 Å². The van der Waals surface area contributed by atoms with E-state index in [1.54, 1.807) is 29.6 Å². The molecule has 1 aliphatic rings. The molecule has 3 aromatic rings. The summed E-state index contributed by atoms with van der Waals surface area (Å²) in [6, 6.07) is 16.4. The number of phenols is 1. The lowest BCUT2D eigenvalue weighted by atomic mass is 9.95. The Morgan fingerprint density at radius 2 is 1.72 bits per heavy atom. The Morgan fingerprint density at radius 3 is 2.31 bits per heavy atom. The number of anilines is 1. The van der Waals surface area contributed by atoms with E-state index in [4.69, 9.17) is 0 Å². The molecule has 5 nitrogen and oxygen atoms in total. The van der Waals surface area contributed by atoms with Crippen molar-refractivity contribution in [3.8, 4) is 5.75 Å². The summed E-state index contributed by atoms with van der Waals surface area (Å²) in [4.78, 5) is 28.1. The van der Waals surface area contributed by atoms with Crippen molar-refractivity contribution >= 4 is 28.7 Å². The van der Waals surface area contributed by atoms with E-state index in [9.17, 15) is 19.8 Å². The molecule has 6 heteroatoms. The number of ketones is 1. The number of aryl methyl sites for hydroxylation is 1. The molecule has 4 rings (SSSR count). The van der Waals surface area contributed by atoms with Crippen LogP contribution in [0.15, 0.2) is 77.4 Å². The first kappa shape index (κ1) is 19.0. The van der Waals surface area contributed by atoms with Crippen molar-refractivity contribution in [1.29, 1.82) is 0 Å². The van der Waals surface area contributed by atoms with Crippen LogP contribution in [0.1, 0.15) is 33.8 Å². The number of rotatable bonds is 5. The van der Waals surface area contributed by atoms with Gasteiger partial charge in [0.15, 0.2) is 5.76 Å². The van der Waals surface area contributed by atoms with Gasteiger partial charge < -0.3 is 10.2 Å². The van der Waals surface area contributed by atoms with Crippen molar-refractivity contribution < 1.29 is 19.8 Å². The van der Waals surface area contributed by atoms with Gasteiger partial charge in [0.1, 0.15) is 5.75 Å². The summed E-state index contributed by atoms with van der Waals surface area (Å²) in [6.45, 7) is 2.04. The molecule has 2 aromatic carbocycles. The number of amides is 1. The SMILES string of the molecule is CCc1ccc(N2C(=O)C(O)=C(C(=O)c3cccs3)C2c2ccc(O)cc2)cc1. The zero-order chi connectivity index (χ0) is 20.5. The van der Waals surface area contributed by atoms with Crippen molar-refractivity contribution in [2.75, 3.05) is 4.90 Å². The van der Waals surface area contributed by atoms with Gasteiger partial charge in [0.05, 0.1) is 16.5 Å². The summed E-state index contributed by atoms with van der Waals surface area (Å²) in [6.07, 6.45) is 0.862. The third-order valence-corrected chi connectivity index (χ3v) is 5.90. The Hall–Kier alpha value is -3.38. The summed E-state index contributed by atoms with van der Waals surface area (Å²) in [5.74, 6) is -1.46. The fraction of sp³-hybridized carbons (Fsp3) is 0.130. The molecule has 2 heterocycles. The Morgan fingerprint density at radius 1 is 1.03 bits per heavy atom. The van der Waals surface area contributed by atoms with E-state index in [2.05, 4.69) is 0 Å². The van der Waals surface area contributed by atoms with Crippen LogP contribution in [-0.4, -0.2) is 21.9 Å². The monoisotopic (exact) mass is 405 g/mol. The molecule has 0 radical (unpaired) electrons. The highest BCUT2D eigenvalue weighted by molar-refractivity contribution is 7.12. The zero-order valence-corrected chi connectivity index (χ0v) is 16.5. The number of hydrogen-bond acceptors (Lipinski definition) is 5. The van der Waals surface area contributed by atoms with Crippen LogP contribution < -0.4 is 4.90 Å². The summed E-state index contributed by atoms with van der Waals surface area (Å²) in [5.41, 5.74) is 2.38. The predicted octanol–water partition coefficient (Wildman–Crippen LogP) is 4.80. The molecular weight excluding hydrogens is 386 g/mol. The maximum atomic E-state index is 13.2. The molecule has 1 aliphatic heterocycles. The molecule has 0 bridgehead atoms. The van der Waals surface area contributed by atoms with Gasteiger partial charge in [-0.1, -0.05) is 37.3 Å². The van der Waals surface area contributed by atoms with Crippen LogP contribution in [-0.2, 0) is 11.2 Å². The Kier molecular flexibility index (Phi) is 4.94. The third kappa shape index (κ3) is 3.32. The van der Waals surface area contributed by atoms with Gasteiger partial charge in [-0.25, -0.2) is 0 Å². The highest BCUT2D eigenvalue weighted by Crippen LogP contribution is 2.42. The number of aliphatic hydroxyl groups excluding tert-OH is 1. The van der Waals surface area contributed by atoms with Gasteiger partial charge in [-0.05, 0) is 53.3 Å². The van der Waals surface area contributed by atoms with Crippen LogP contribution in [0.25, 0.3) is 0 Å². The van der Waals surface area contributed by atoms with Gasteiger partial charge in [-0.15, -0.1) is 11.3 Å². The highest BCUT2D eigenvalue weighted by atomic mass is 32.1. The highest BCUT2D eigenvalue weighted by Gasteiger charge is 2.44. The first-order valence-corrected chi connectivity index (χ1v) is 10.1. The molecule has 0 saturated carbocycles. The molecule has 1 atom stereocenters. The Bertz CT molecular complexity index is 1080. The Balaban J connectivity index is 1.85. The normalized spacial score (nSPS) is 16.5. The molecule has 29 heavy (non-hydrogen) atoms. The first-order valence-electron chi connectivity index (χ1n) is 9.24. The number of aromatic hydroxyl groups is 1. The van der Waals surface area contributed by atoms with Crippen molar-refractivity contribution in [1.82, 2.24) is 0 Å². The van der Waals surface area contributed by atoms with Gasteiger partial charge >= 0.3 is 0 Å². The Labute approximate surface area is 172 Å². The fourth-order valence-electron chi connectivity index (χ4n) is 3.51. The lowest BCUT2D eigenvalue weighted by molar-refractivity contribution is -0.117. The average molecular weight is 405 g/mol. The maximum Gasteiger partial charge on any atom is 0.294 e. The second-order valence-electron chi connectivity index (χ2n) is 6.76. The van der Waals surface area contributed by atoms with Crippen molar-refractivity contribution in [3.05, 3.63) is 93.4 Å². The van der Waals surface area contributed by atoms with E-state index in [1.165, 1.54) is 28.4 Å². The van der Waals surface area contributed by atoms with Crippen LogP contribution in [0, 0.1) is 0 Å². The number of hydrogen-bond donors (Lipinski definition) is 2. The van der Waals surface area contributed by atoms with Crippen LogP contribution in [0.4, 0.5) is 5.69 Å². The summed E-state index contributed by atoms with van der Waals surface area (Å²) < 4.78 is 0. The van der Waals surface area contributed by atoms with Gasteiger partial charge in [0.2, 0.25) is 5.78 Å². The van der Waals surface area contributed by atoms with Crippen molar-refractivity contribution in [3.63, 3.8) is 0 Å². The number of nitrogens with zero attached hydrogens (tertiary/aromatic N) is 1. The second kappa shape index (κ2) is 7.56. The number of carbonyl (C=O) groups excluding carboxylic acids is 2. The van der Waals surface area contributed by atoms with E-state index in [0.717, 1.165) is 12.0 Å². The van der Waals surface area contributed by atoms with E-state index in [-0.39, 0.29) is 17.1 Å². The minimum Gasteiger partial charge on any atom is -0.508 e. The molecule has 0 fully saturated rings. The summed E-state index contributed by atoms with van der Waals surface area (Å²) in [5, 5.41) is 22.1. The third-order valence-electron chi connectivity index (χ3n) is 5.03. The lowest BCUT2D eigenvalue weighted by Gasteiger charge is -2.27.